The Morgan fingerprint density at radius 1 is 0.964 bits per heavy atom. The first-order valence-corrected chi connectivity index (χ1v) is 21.2. The van der Waals surface area contributed by atoms with Crippen LogP contribution in [-0.2, 0) is 27.2 Å². The van der Waals surface area contributed by atoms with Crippen LogP contribution in [0.5, 0.6) is 0 Å². The van der Waals surface area contributed by atoms with Crippen molar-refractivity contribution in [2.75, 3.05) is 13.2 Å². The van der Waals surface area contributed by atoms with Crippen molar-refractivity contribution in [2.24, 2.45) is 23.7 Å². The van der Waals surface area contributed by atoms with Gasteiger partial charge in [-0.15, -0.1) is 6.58 Å². The minimum Gasteiger partial charge on any atom is -0.378 e. The lowest BCUT2D eigenvalue weighted by Crippen LogP contribution is -2.35. The second kappa shape index (κ2) is 20.2. The molecular weight excluding hydrogens is 675 g/mol. The molecule has 55 heavy (non-hydrogen) atoms. The van der Waals surface area contributed by atoms with E-state index in [0.29, 0.717) is 36.6 Å². The Kier molecular flexibility index (Phi) is 15.5. The number of aryl methyl sites for hydroxylation is 2. The van der Waals surface area contributed by atoms with Crippen LogP contribution >= 0.6 is 0 Å². The van der Waals surface area contributed by atoms with E-state index >= 15 is 0 Å². The monoisotopic (exact) mass is 742 g/mol. The summed E-state index contributed by atoms with van der Waals surface area (Å²) in [5.74, 6) is 2.34. The largest absolute Gasteiger partial charge is 0.378 e. The Labute approximate surface area is 332 Å². The first kappa shape index (κ1) is 42.1. The number of carbonyl (C=O) groups excluding carboxylic acids is 2. The fraction of sp³-hybridized carbons (Fsp3) is 0.490. The highest BCUT2D eigenvalue weighted by Crippen LogP contribution is 2.42. The lowest BCUT2D eigenvalue weighted by molar-refractivity contribution is -0.116. The van der Waals surface area contributed by atoms with E-state index in [-0.39, 0.29) is 35.5 Å². The zero-order valence-electron chi connectivity index (χ0n) is 34.6. The van der Waals surface area contributed by atoms with Gasteiger partial charge in [0, 0.05) is 37.0 Å². The van der Waals surface area contributed by atoms with Crippen LogP contribution < -0.4 is 5.32 Å². The SMILES string of the molecule is C=CC(=O)CCC(C=C)Cc1ccc(CCC2c3ccccc3C(C(=O)NCC(c3cc(C)ccc3C(CC)C3CCCCO3)C(C)C(C)C)=CC2C)cc1. The topological polar surface area (TPSA) is 55.4 Å². The van der Waals surface area contributed by atoms with Crippen LogP contribution in [0.4, 0.5) is 0 Å². The minimum atomic E-state index is 0.0258. The van der Waals surface area contributed by atoms with Crippen molar-refractivity contribution in [1.29, 1.82) is 0 Å². The maximum atomic E-state index is 14.3. The molecule has 1 heterocycles. The van der Waals surface area contributed by atoms with Gasteiger partial charge in [-0.25, -0.2) is 0 Å². The average molecular weight is 742 g/mol. The number of carbonyl (C=O) groups is 2. The zero-order valence-corrected chi connectivity index (χ0v) is 34.6. The third kappa shape index (κ3) is 10.8. The minimum absolute atomic E-state index is 0.0258. The normalized spacial score (nSPS) is 20.4. The molecule has 3 aromatic rings. The lowest BCUT2D eigenvalue weighted by Gasteiger charge is -2.35. The molecule has 4 nitrogen and oxygen atoms in total. The Bertz CT molecular complexity index is 1780. The van der Waals surface area contributed by atoms with Crippen molar-refractivity contribution >= 4 is 17.3 Å². The number of rotatable bonds is 19. The molecule has 1 amide bonds. The van der Waals surface area contributed by atoms with Crippen molar-refractivity contribution in [3.8, 4) is 0 Å². The van der Waals surface area contributed by atoms with Crippen LogP contribution in [0.3, 0.4) is 0 Å². The molecule has 1 fully saturated rings. The van der Waals surface area contributed by atoms with Crippen LogP contribution in [0.1, 0.15) is 136 Å². The fourth-order valence-corrected chi connectivity index (χ4v) is 9.09. The van der Waals surface area contributed by atoms with Crippen molar-refractivity contribution in [2.45, 2.75) is 123 Å². The van der Waals surface area contributed by atoms with E-state index < -0.39 is 0 Å². The van der Waals surface area contributed by atoms with Gasteiger partial charge in [-0.05, 0) is 127 Å². The number of ether oxygens (including phenoxy) is 1. The van der Waals surface area contributed by atoms with Crippen LogP contribution in [0.2, 0.25) is 0 Å². The van der Waals surface area contributed by atoms with Crippen LogP contribution in [-0.4, -0.2) is 30.9 Å². The fourth-order valence-electron chi connectivity index (χ4n) is 9.09. The number of hydrogen-bond donors (Lipinski definition) is 1. The van der Waals surface area contributed by atoms with Crippen molar-refractivity contribution in [3.05, 3.63) is 137 Å². The van der Waals surface area contributed by atoms with E-state index in [9.17, 15) is 9.59 Å². The summed E-state index contributed by atoms with van der Waals surface area (Å²) in [6.45, 7) is 22.8. The van der Waals surface area contributed by atoms with Crippen molar-refractivity contribution in [3.63, 3.8) is 0 Å². The van der Waals surface area contributed by atoms with Gasteiger partial charge in [0.15, 0.2) is 5.78 Å². The van der Waals surface area contributed by atoms with E-state index in [0.717, 1.165) is 62.7 Å². The smallest absolute Gasteiger partial charge is 0.251 e. The molecule has 2 aliphatic rings. The molecule has 0 bridgehead atoms. The van der Waals surface area contributed by atoms with Gasteiger partial charge in [0.1, 0.15) is 0 Å². The molecule has 0 aromatic heterocycles. The third-order valence-electron chi connectivity index (χ3n) is 12.9. The van der Waals surface area contributed by atoms with Gasteiger partial charge in [0.25, 0.3) is 5.91 Å². The highest BCUT2D eigenvalue weighted by Gasteiger charge is 2.33. The van der Waals surface area contributed by atoms with Crippen LogP contribution in [0.25, 0.3) is 5.57 Å². The Balaban J connectivity index is 1.29. The second-order valence-electron chi connectivity index (χ2n) is 16.9. The quantitative estimate of drug-likeness (QED) is 0.0983. The van der Waals surface area contributed by atoms with Gasteiger partial charge < -0.3 is 10.1 Å². The molecule has 1 saturated heterocycles. The van der Waals surface area contributed by atoms with E-state index in [2.05, 4.69) is 133 Å². The number of ketones is 1. The highest BCUT2D eigenvalue weighted by molar-refractivity contribution is 6.20. The second-order valence-corrected chi connectivity index (χ2v) is 16.9. The van der Waals surface area contributed by atoms with Crippen LogP contribution in [0.15, 0.2) is 98.1 Å². The van der Waals surface area contributed by atoms with E-state index in [1.165, 1.54) is 45.9 Å². The molecule has 3 aromatic carbocycles. The molecule has 5 rings (SSSR count). The van der Waals surface area contributed by atoms with E-state index in [1.54, 1.807) is 0 Å². The zero-order chi connectivity index (χ0) is 39.5. The predicted molar refractivity (Wildman–Crippen MR) is 230 cm³/mol. The predicted octanol–water partition coefficient (Wildman–Crippen LogP) is 11.9. The Hall–Kier alpha value is -4.02. The maximum Gasteiger partial charge on any atom is 0.251 e. The molecule has 1 N–H and O–H groups in total. The van der Waals surface area contributed by atoms with Gasteiger partial charge >= 0.3 is 0 Å². The summed E-state index contributed by atoms with van der Waals surface area (Å²) in [6, 6.07) is 24.5. The summed E-state index contributed by atoms with van der Waals surface area (Å²) >= 11 is 0. The average Bonchev–Trinajstić information content (AvgIpc) is 3.20. The van der Waals surface area contributed by atoms with Gasteiger partial charge in [0.05, 0.1) is 6.10 Å². The molecule has 1 aliphatic carbocycles. The summed E-state index contributed by atoms with van der Waals surface area (Å²) in [5, 5.41) is 3.48. The molecule has 4 heteroatoms. The molecular formula is C51H67NO3. The summed E-state index contributed by atoms with van der Waals surface area (Å²) in [6.07, 6.45) is 14.6. The number of benzene rings is 3. The molecule has 7 unspecified atom stereocenters. The molecule has 0 saturated carbocycles. The van der Waals surface area contributed by atoms with Gasteiger partial charge in [0.2, 0.25) is 0 Å². The van der Waals surface area contributed by atoms with Crippen LogP contribution in [0, 0.1) is 30.6 Å². The molecule has 7 atom stereocenters. The maximum absolute atomic E-state index is 14.3. The first-order chi connectivity index (χ1) is 26.5. The number of fused-ring (bicyclic) bond motifs is 1. The highest BCUT2D eigenvalue weighted by atomic mass is 16.5. The number of allylic oxidation sites excluding steroid dienone is 3. The summed E-state index contributed by atoms with van der Waals surface area (Å²) in [7, 11) is 0. The summed E-state index contributed by atoms with van der Waals surface area (Å²) in [4.78, 5) is 26.0. The third-order valence-corrected chi connectivity index (χ3v) is 12.9. The standard InChI is InChI=1S/C51H67NO3/c1-9-38(24-26-41(53)10-2)32-40-22-20-39(21-23-40)25-28-43-36(7)31-48(45-17-13-12-16-44(43)45)51(54)52-33-49(37(8)34(4)5)47-30-35(6)19-27-46(47)42(11-3)50-18-14-15-29-55-50/h9-10,12-13,16-17,19-23,27,30-31,34,36-38,42-43,49-50H,1-2,11,14-15,18,24-26,28-29,32-33H2,3-8H3,(H,52,54). The molecule has 1 aliphatic heterocycles. The summed E-state index contributed by atoms with van der Waals surface area (Å²) < 4.78 is 6.38. The molecule has 0 spiro atoms. The number of hydrogen-bond acceptors (Lipinski definition) is 3. The van der Waals surface area contributed by atoms with Crippen molar-refractivity contribution in [1.82, 2.24) is 5.32 Å². The lowest BCUT2D eigenvalue weighted by atomic mass is 9.74. The van der Waals surface area contributed by atoms with E-state index in [1.807, 2.05) is 6.08 Å². The van der Waals surface area contributed by atoms with Gasteiger partial charge in [-0.3, -0.25) is 9.59 Å². The first-order valence-electron chi connectivity index (χ1n) is 21.2. The Morgan fingerprint density at radius 3 is 2.38 bits per heavy atom. The van der Waals surface area contributed by atoms with Crippen molar-refractivity contribution < 1.29 is 14.3 Å². The Morgan fingerprint density at radius 2 is 1.71 bits per heavy atom. The van der Waals surface area contributed by atoms with E-state index in [4.69, 9.17) is 4.74 Å². The molecule has 0 radical (unpaired) electrons. The molecule has 294 valence electrons. The summed E-state index contributed by atoms with van der Waals surface area (Å²) in [5.41, 5.74) is 9.77. The van der Waals surface area contributed by atoms with Gasteiger partial charge in [-0.2, -0.15) is 0 Å². The van der Waals surface area contributed by atoms with Gasteiger partial charge in [-0.1, -0.05) is 126 Å². The number of nitrogens with one attached hydrogen (secondary N) is 1. The number of amides is 1.